The van der Waals surface area contributed by atoms with Crippen molar-refractivity contribution in [2.75, 3.05) is 5.32 Å². The lowest BCUT2D eigenvalue weighted by Gasteiger charge is -1.82. The Kier molecular flexibility index (Phi) is 2.01. The number of aromatic nitrogens is 1. The van der Waals surface area contributed by atoms with Crippen molar-refractivity contribution in [2.24, 2.45) is 0 Å². The highest BCUT2D eigenvalue weighted by Crippen LogP contribution is 2.19. The summed E-state index contributed by atoms with van der Waals surface area (Å²) in [4.78, 5) is 15.0. The lowest BCUT2D eigenvalue weighted by Crippen LogP contribution is -1.91. The molecule has 0 aromatic carbocycles. The van der Waals surface area contributed by atoms with Crippen LogP contribution in [0.1, 0.15) is 10.6 Å². The number of nitrogens with zero attached hydrogens (tertiary/aromatic N) is 1. The van der Waals surface area contributed by atoms with Crippen LogP contribution in [0.15, 0.2) is 0 Å². The molecule has 53 valence electrons. The van der Waals surface area contributed by atoms with Gasteiger partial charge in [-0.15, -0.1) is 11.3 Å². The van der Waals surface area contributed by atoms with Crippen LogP contribution in [0, 0.1) is 13.8 Å². The van der Waals surface area contributed by atoms with Gasteiger partial charge in [0.15, 0.2) is 5.13 Å². The summed E-state index contributed by atoms with van der Waals surface area (Å²) < 4.78 is 0. The van der Waals surface area contributed by atoms with E-state index in [0.717, 1.165) is 10.6 Å². The molecule has 0 fully saturated rings. The maximum absolute atomic E-state index is 9.83. The van der Waals surface area contributed by atoms with E-state index in [2.05, 4.69) is 10.3 Å². The van der Waals surface area contributed by atoms with Crippen LogP contribution < -0.4 is 5.32 Å². The summed E-state index contributed by atoms with van der Waals surface area (Å²) in [6, 6.07) is 0. The lowest BCUT2D eigenvalue weighted by molar-refractivity contribution is 0.561. The van der Waals surface area contributed by atoms with Gasteiger partial charge in [0, 0.05) is 4.88 Å². The van der Waals surface area contributed by atoms with Gasteiger partial charge in [0.1, 0.15) is 0 Å². The number of anilines is 1. The highest BCUT2D eigenvalue weighted by atomic mass is 32.1. The number of amides is 1. The smallest absolute Gasteiger partial charge is 0.294 e. The van der Waals surface area contributed by atoms with Gasteiger partial charge in [-0.25, -0.2) is 4.98 Å². The zero-order chi connectivity index (χ0) is 7.56. The first-order valence-corrected chi connectivity index (χ1v) is 3.63. The van der Waals surface area contributed by atoms with Crippen molar-refractivity contribution in [3.8, 4) is 0 Å². The number of rotatable bonds is 2. The first-order valence-electron chi connectivity index (χ1n) is 2.81. The molecule has 4 heteroatoms. The molecule has 0 spiro atoms. The largest absolute Gasteiger partial charge is 0.315 e. The standard InChI is InChI=1S/C6H7N2OS/c1-4-5(2)10-6(8-4)7-3-9/h1-2H3,(H,7,8,9). The van der Waals surface area contributed by atoms with Gasteiger partial charge in [-0.05, 0) is 13.8 Å². The Bertz CT molecular complexity index is 224. The van der Waals surface area contributed by atoms with Gasteiger partial charge in [-0.2, -0.15) is 0 Å². The van der Waals surface area contributed by atoms with Gasteiger partial charge in [0.05, 0.1) is 5.69 Å². The third kappa shape index (κ3) is 1.33. The molecule has 1 N–H and O–H groups in total. The average molecular weight is 155 g/mol. The Hall–Kier alpha value is -0.900. The predicted octanol–water partition coefficient (Wildman–Crippen LogP) is 1.24. The van der Waals surface area contributed by atoms with Crippen LogP contribution in [-0.4, -0.2) is 11.4 Å². The molecule has 1 aromatic heterocycles. The molecular formula is C6H7N2OS. The monoisotopic (exact) mass is 155 g/mol. The van der Waals surface area contributed by atoms with Gasteiger partial charge in [0.25, 0.3) is 0 Å². The first kappa shape index (κ1) is 7.21. The predicted molar refractivity (Wildman–Crippen MR) is 40.9 cm³/mol. The number of carbonyl (C=O) groups excluding carboxylic acids is 1. The van der Waals surface area contributed by atoms with Gasteiger partial charge in [-0.1, -0.05) is 0 Å². The topological polar surface area (TPSA) is 42.0 Å². The molecule has 1 amide bonds. The first-order chi connectivity index (χ1) is 4.74. The fourth-order valence-electron chi connectivity index (χ4n) is 0.570. The van der Waals surface area contributed by atoms with E-state index < -0.39 is 0 Å². The van der Waals surface area contributed by atoms with Gasteiger partial charge in [-0.3, -0.25) is 10.1 Å². The molecule has 1 rings (SSSR count). The number of hydrogen-bond acceptors (Lipinski definition) is 3. The van der Waals surface area contributed by atoms with E-state index in [0.29, 0.717) is 5.13 Å². The van der Waals surface area contributed by atoms with Gasteiger partial charge >= 0.3 is 6.41 Å². The van der Waals surface area contributed by atoms with Crippen molar-refractivity contribution in [2.45, 2.75) is 13.8 Å². The molecule has 1 radical (unpaired) electrons. The summed E-state index contributed by atoms with van der Waals surface area (Å²) in [7, 11) is 0. The molecule has 0 aliphatic carbocycles. The average Bonchev–Trinajstić information content (AvgIpc) is 2.14. The van der Waals surface area contributed by atoms with Gasteiger partial charge < -0.3 is 0 Å². The molecule has 0 unspecified atom stereocenters. The fourth-order valence-corrected chi connectivity index (χ4v) is 1.33. The Morgan fingerprint density at radius 2 is 2.30 bits per heavy atom. The zero-order valence-corrected chi connectivity index (χ0v) is 6.58. The maximum Gasteiger partial charge on any atom is 0.315 e. The molecule has 10 heavy (non-hydrogen) atoms. The van der Waals surface area contributed by atoms with Crippen LogP contribution in [0.5, 0.6) is 0 Å². The Morgan fingerprint density at radius 3 is 2.70 bits per heavy atom. The van der Waals surface area contributed by atoms with E-state index >= 15 is 0 Å². The third-order valence-electron chi connectivity index (χ3n) is 1.19. The second-order valence-corrected chi connectivity index (χ2v) is 3.09. The molecule has 0 atom stereocenters. The van der Waals surface area contributed by atoms with Crippen LogP contribution in [0.3, 0.4) is 0 Å². The van der Waals surface area contributed by atoms with Crippen LogP contribution in [0.25, 0.3) is 0 Å². The molecule has 1 aromatic rings. The van der Waals surface area contributed by atoms with Crippen molar-refractivity contribution in [3.05, 3.63) is 10.6 Å². The zero-order valence-electron chi connectivity index (χ0n) is 5.76. The summed E-state index contributed by atoms with van der Waals surface area (Å²) in [5, 5.41) is 2.99. The van der Waals surface area contributed by atoms with E-state index in [1.165, 1.54) is 11.3 Å². The Balaban J connectivity index is 2.86. The normalized spacial score (nSPS) is 9.40. The molecule has 0 saturated heterocycles. The summed E-state index contributed by atoms with van der Waals surface area (Å²) >= 11 is 1.45. The SMILES string of the molecule is Cc1nc(N[C]=O)sc1C. The molecule has 0 bridgehead atoms. The second-order valence-electron chi connectivity index (χ2n) is 1.89. The van der Waals surface area contributed by atoms with Crippen molar-refractivity contribution in [1.82, 2.24) is 4.98 Å². The van der Waals surface area contributed by atoms with Crippen molar-refractivity contribution < 1.29 is 4.79 Å². The molecular weight excluding hydrogens is 148 g/mol. The highest BCUT2D eigenvalue weighted by molar-refractivity contribution is 7.15. The third-order valence-corrected chi connectivity index (χ3v) is 2.17. The van der Waals surface area contributed by atoms with E-state index in [-0.39, 0.29) is 0 Å². The summed E-state index contributed by atoms with van der Waals surface area (Å²) in [6.07, 6.45) is 1.57. The number of aryl methyl sites for hydroxylation is 2. The quantitative estimate of drug-likeness (QED) is 0.653. The second kappa shape index (κ2) is 2.79. The summed E-state index contributed by atoms with van der Waals surface area (Å²) in [5.41, 5.74) is 0.961. The van der Waals surface area contributed by atoms with E-state index in [1.54, 1.807) is 6.41 Å². The molecule has 0 aliphatic heterocycles. The van der Waals surface area contributed by atoms with Gasteiger partial charge in [0.2, 0.25) is 0 Å². The van der Waals surface area contributed by atoms with E-state index in [9.17, 15) is 4.79 Å². The minimum absolute atomic E-state index is 0.616. The maximum atomic E-state index is 9.83. The number of nitrogens with one attached hydrogen (secondary N) is 1. The summed E-state index contributed by atoms with van der Waals surface area (Å²) in [6.45, 7) is 3.87. The summed E-state index contributed by atoms with van der Waals surface area (Å²) in [5.74, 6) is 0. The number of thiazole rings is 1. The fraction of sp³-hybridized carbons (Fsp3) is 0.333. The molecule has 0 saturated carbocycles. The molecule has 0 aliphatic rings. The van der Waals surface area contributed by atoms with E-state index in [4.69, 9.17) is 0 Å². The Morgan fingerprint density at radius 1 is 1.60 bits per heavy atom. The van der Waals surface area contributed by atoms with Crippen molar-refractivity contribution >= 4 is 22.9 Å². The Labute approximate surface area is 63.1 Å². The van der Waals surface area contributed by atoms with Crippen LogP contribution in [0.2, 0.25) is 0 Å². The van der Waals surface area contributed by atoms with Crippen molar-refractivity contribution in [3.63, 3.8) is 0 Å². The lowest BCUT2D eigenvalue weighted by atomic mass is 10.4. The molecule has 3 nitrogen and oxygen atoms in total. The number of hydrogen-bond donors (Lipinski definition) is 1. The molecule has 1 heterocycles. The van der Waals surface area contributed by atoms with Crippen LogP contribution in [0.4, 0.5) is 5.13 Å². The minimum atomic E-state index is 0.616. The van der Waals surface area contributed by atoms with E-state index in [1.807, 2.05) is 13.8 Å². The van der Waals surface area contributed by atoms with Crippen LogP contribution >= 0.6 is 11.3 Å². The van der Waals surface area contributed by atoms with Crippen LogP contribution in [-0.2, 0) is 4.79 Å². The minimum Gasteiger partial charge on any atom is -0.294 e. The highest BCUT2D eigenvalue weighted by Gasteiger charge is 2.00. The van der Waals surface area contributed by atoms with Crippen molar-refractivity contribution in [1.29, 1.82) is 0 Å².